The Kier molecular flexibility index (Phi) is 4.99. The van der Waals surface area contributed by atoms with Gasteiger partial charge in [-0.1, -0.05) is 30.3 Å². The minimum Gasteiger partial charge on any atom is -0.465 e. The number of ketones is 1. The van der Waals surface area contributed by atoms with Crippen LogP contribution < -0.4 is 0 Å². The molecule has 0 atom stereocenters. The Morgan fingerprint density at radius 3 is 2.29 bits per heavy atom. The van der Waals surface area contributed by atoms with Crippen molar-refractivity contribution in [3.63, 3.8) is 0 Å². The number of rotatable bonds is 5. The molecule has 0 aliphatic rings. The van der Waals surface area contributed by atoms with Crippen LogP contribution in [0.5, 0.6) is 0 Å². The summed E-state index contributed by atoms with van der Waals surface area (Å²) in [5.41, 5.74) is 1.82. The van der Waals surface area contributed by atoms with Gasteiger partial charge in [0.1, 0.15) is 0 Å². The molecule has 0 aromatic heterocycles. The summed E-state index contributed by atoms with van der Waals surface area (Å²) < 4.78 is 4.62. The fourth-order valence-electron chi connectivity index (χ4n) is 1.78. The first-order chi connectivity index (χ1) is 10.2. The molecule has 0 saturated heterocycles. The van der Waals surface area contributed by atoms with E-state index >= 15 is 0 Å². The summed E-state index contributed by atoms with van der Waals surface area (Å²) in [6.45, 7) is 0. The summed E-state index contributed by atoms with van der Waals surface area (Å²) in [5, 5.41) is 0. The Bertz CT molecular complexity index is 645. The molecule has 0 spiro atoms. The van der Waals surface area contributed by atoms with E-state index in [4.69, 9.17) is 0 Å². The fourth-order valence-corrected chi connectivity index (χ4v) is 1.78. The maximum Gasteiger partial charge on any atom is 0.337 e. The number of carbonyl (C=O) groups is 2. The van der Waals surface area contributed by atoms with Crippen LogP contribution in [-0.4, -0.2) is 25.1 Å². The van der Waals surface area contributed by atoms with Gasteiger partial charge < -0.3 is 4.74 Å². The molecule has 0 fully saturated rings. The zero-order valence-corrected chi connectivity index (χ0v) is 11.7. The molecule has 0 aliphatic heterocycles. The summed E-state index contributed by atoms with van der Waals surface area (Å²) in [6, 6.07) is 15.8. The van der Waals surface area contributed by atoms with Crippen molar-refractivity contribution in [1.82, 2.24) is 0 Å². The van der Waals surface area contributed by atoms with E-state index in [1.54, 1.807) is 42.6 Å². The lowest BCUT2D eigenvalue weighted by Crippen LogP contribution is -2.00. The first-order valence-electron chi connectivity index (χ1n) is 6.50. The summed E-state index contributed by atoms with van der Waals surface area (Å²) in [5.74, 6) is -0.365. The smallest absolute Gasteiger partial charge is 0.337 e. The van der Waals surface area contributed by atoms with Gasteiger partial charge in [-0.3, -0.25) is 9.79 Å². The largest absolute Gasteiger partial charge is 0.465 e. The summed E-state index contributed by atoms with van der Waals surface area (Å²) >= 11 is 0. The maximum absolute atomic E-state index is 11.9. The molecule has 2 aromatic carbocycles. The second kappa shape index (κ2) is 7.14. The highest BCUT2D eigenvalue weighted by Gasteiger charge is 2.04. The molecular formula is C17H15NO3. The standard InChI is InChI=1S/C17H15NO3/c1-21-17(20)14-7-9-15(10-8-14)18-12-11-16(19)13-5-3-2-4-6-13/h2-10,12H,11H2,1H3. The van der Waals surface area contributed by atoms with E-state index in [0.29, 0.717) is 16.8 Å². The monoisotopic (exact) mass is 281 g/mol. The third-order valence-corrected chi connectivity index (χ3v) is 2.90. The second-order valence-electron chi connectivity index (χ2n) is 4.34. The van der Waals surface area contributed by atoms with E-state index in [9.17, 15) is 9.59 Å². The highest BCUT2D eigenvalue weighted by Crippen LogP contribution is 2.13. The van der Waals surface area contributed by atoms with Gasteiger partial charge in [0, 0.05) is 18.2 Å². The number of hydrogen-bond acceptors (Lipinski definition) is 4. The zero-order valence-electron chi connectivity index (χ0n) is 11.7. The van der Waals surface area contributed by atoms with Crippen molar-refractivity contribution in [2.75, 3.05) is 7.11 Å². The average molecular weight is 281 g/mol. The summed E-state index contributed by atoms with van der Waals surface area (Å²) in [7, 11) is 1.34. The number of hydrogen-bond donors (Lipinski definition) is 0. The Labute approximate surface area is 123 Å². The van der Waals surface area contributed by atoms with E-state index in [0.717, 1.165) is 0 Å². The van der Waals surface area contributed by atoms with Gasteiger partial charge in [-0.05, 0) is 24.3 Å². The summed E-state index contributed by atoms with van der Waals surface area (Å²) in [4.78, 5) is 27.3. The lowest BCUT2D eigenvalue weighted by Gasteiger charge is -1.99. The number of Topliss-reactive ketones (excluding diaryl/α,β-unsaturated/α-hetero) is 1. The van der Waals surface area contributed by atoms with E-state index < -0.39 is 0 Å². The Morgan fingerprint density at radius 1 is 1.00 bits per heavy atom. The topological polar surface area (TPSA) is 55.7 Å². The molecule has 0 saturated carbocycles. The predicted molar refractivity (Wildman–Crippen MR) is 81.3 cm³/mol. The molecule has 21 heavy (non-hydrogen) atoms. The zero-order chi connectivity index (χ0) is 15.1. The molecule has 0 unspecified atom stereocenters. The van der Waals surface area contributed by atoms with Gasteiger partial charge in [0.25, 0.3) is 0 Å². The van der Waals surface area contributed by atoms with Crippen molar-refractivity contribution in [2.24, 2.45) is 4.99 Å². The van der Waals surface area contributed by atoms with E-state index in [1.807, 2.05) is 18.2 Å². The minimum absolute atomic E-state index is 0.0190. The van der Waals surface area contributed by atoms with Crippen molar-refractivity contribution in [2.45, 2.75) is 6.42 Å². The van der Waals surface area contributed by atoms with Crippen LogP contribution in [0.1, 0.15) is 27.1 Å². The van der Waals surface area contributed by atoms with Crippen LogP contribution in [0.2, 0.25) is 0 Å². The third kappa shape index (κ3) is 4.11. The molecule has 0 N–H and O–H groups in total. The van der Waals surface area contributed by atoms with Crippen molar-refractivity contribution in [3.05, 3.63) is 65.7 Å². The van der Waals surface area contributed by atoms with Crippen LogP contribution in [-0.2, 0) is 4.74 Å². The molecule has 0 bridgehead atoms. The molecule has 0 radical (unpaired) electrons. The normalized spacial score (nSPS) is 10.5. The molecule has 0 heterocycles. The maximum atomic E-state index is 11.9. The Balaban J connectivity index is 1.95. The highest BCUT2D eigenvalue weighted by atomic mass is 16.5. The number of ether oxygens (including phenoxy) is 1. The highest BCUT2D eigenvalue weighted by molar-refractivity contribution is 6.03. The molecule has 0 aliphatic carbocycles. The molecule has 4 nitrogen and oxygen atoms in total. The van der Waals surface area contributed by atoms with Crippen molar-refractivity contribution >= 4 is 23.7 Å². The van der Waals surface area contributed by atoms with E-state index in [1.165, 1.54) is 7.11 Å². The van der Waals surface area contributed by atoms with Crippen molar-refractivity contribution in [3.8, 4) is 0 Å². The SMILES string of the molecule is COC(=O)c1ccc(N=CCC(=O)c2ccccc2)cc1. The number of benzene rings is 2. The number of nitrogens with zero attached hydrogens (tertiary/aromatic N) is 1. The molecule has 2 rings (SSSR count). The Morgan fingerprint density at radius 2 is 1.67 bits per heavy atom. The summed E-state index contributed by atoms with van der Waals surface area (Å²) in [6.07, 6.45) is 1.81. The number of carbonyl (C=O) groups excluding carboxylic acids is 2. The Hall–Kier alpha value is -2.75. The minimum atomic E-state index is -0.384. The van der Waals surface area contributed by atoms with E-state index in [2.05, 4.69) is 9.73 Å². The van der Waals surface area contributed by atoms with Crippen LogP contribution in [0.4, 0.5) is 5.69 Å². The van der Waals surface area contributed by atoms with E-state index in [-0.39, 0.29) is 18.2 Å². The van der Waals surface area contributed by atoms with Crippen LogP contribution in [0.15, 0.2) is 59.6 Å². The first kappa shape index (κ1) is 14.7. The lowest BCUT2D eigenvalue weighted by molar-refractivity contribution is 0.0600. The first-order valence-corrected chi connectivity index (χ1v) is 6.50. The van der Waals surface area contributed by atoms with Gasteiger partial charge in [0.15, 0.2) is 5.78 Å². The molecule has 2 aromatic rings. The number of methoxy groups -OCH3 is 1. The van der Waals surface area contributed by atoms with Crippen LogP contribution in [0.3, 0.4) is 0 Å². The van der Waals surface area contributed by atoms with Crippen LogP contribution in [0.25, 0.3) is 0 Å². The molecule has 106 valence electrons. The molecule has 0 amide bonds. The van der Waals surface area contributed by atoms with Gasteiger partial charge in [-0.25, -0.2) is 4.79 Å². The number of aliphatic imine (C=N–C) groups is 1. The quantitative estimate of drug-likeness (QED) is 0.479. The van der Waals surface area contributed by atoms with Gasteiger partial charge in [-0.2, -0.15) is 0 Å². The van der Waals surface area contributed by atoms with Crippen LogP contribution in [0, 0.1) is 0 Å². The average Bonchev–Trinajstić information content (AvgIpc) is 2.55. The molecule has 4 heteroatoms. The van der Waals surface area contributed by atoms with Crippen LogP contribution >= 0.6 is 0 Å². The van der Waals surface area contributed by atoms with Gasteiger partial charge in [-0.15, -0.1) is 0 Å². The van der Waals surface area contributed by atoms with Crippen molar-refractivity contribution in [1.29, 1.82) is 0 Å². The third-order valence-electron chi connectivity index (χ3n) is 2.90. The van der Waals surface area contributed by atoms with Gasteiger partial charge >= 0.3 is 5.97 Å². The van der Waals surface area contributed by atoms with Gasteiger partial charge in [0.05, 0.1) is 18.4 Å². The number of esters is 1. The predicted octanol–water partition coefficient (Wildman–Crippen LogP) is 3.45. The lowest BCUT2D eigenvalue weighted by atomic mass is 10.1. The second-order valence-corrected chi connectivity index (χ2v) is 4.34. The van der Waals surface area contributed by atoms with Crippen molar-refractivity contribution < 1.29 is 14.3 Å². The molecular weight excluding hydrogens is 266 g/mol. The van der Waals surface area contributed by atoms with Gasteiger partial charge in [0.2, 0.25) is 0 Å². The fraction of sp³-hybridized carbons (Fsp3) is 0.118.